The molecule has 0 saturated carbocycles. The summed E-state index contributed by atoms with van der Waals surface area (Å²) in [6, 6.07) is 0. The fourth-order valence-electron chi connectivity index (χ4n) is 1.14. The van der Waals surface area contributed by atoms with E-state index in [-0.39, 0.29) is 11.4 Å². The van der Waals surface area contributed by atoms with Crippen molar-refractivity contribution in [1.82, 2.24) is 4.98 Å². The maximum Gasteiger partial charge on any atom is 0.573 e. The van der Waals surface area contributed by atoms with E-state index in [0.717, 1.165) is 0 Å². The second kappa shape index (κ2) is 4.44. The van der Waals surface area contributed by atoms with Gasteiger partial charge in [0.25, 0.3) is 0 Å². The van der Waals surface area contributed by atoms with Crippen molar-refractivity contribution in [2.75, 3.05) is 7.11 Å². The molecule has 0 atom stereocenters. The van der Waals surface area contributed by atoms with Gasteiger partial charge in [-0.15, -0.1) is 13.2 Å². The number of alkyl halides is 3. The van der Waals surface area contributed by atoms with Crippen molar-refractivity contribution >= 4 is 5.69 Å². The molecule has 9 heteroatoms. The molecule has 0 fully saturated rings. The number of methoxy groups -OCH3 is 1. The van der Waals surface area contributed by atoms with Crippen LogP contribution in [-0.2, 0) is 0 Å². The molecule has 0 spiro atoms. The van der Waals surface area contributed by atoms with Gasteiger partial charge in [-0.1, -0.05) is 0 Å². The zero-order valence-electron chi connectivity index (χ0n) is 8.74. The van der Waals surface area contributed by atoms with Gasteiger partial charge in [-0.25, -0.2) is 4.98 Å². The molecular formula is C8H7F3N2O4. The summed E-state index contributed by atoms with van der Waals surface area (Å²) < 4.78 is 44.5. The summed E-state index contributed by atoms with van der Waals surface area (Å²) >= 11 is 0. The van der Waals surface area contributed by atoms with Crippen LogP contribution in [0.4, 0.5) is 18.9 Å². The van der Waals surface area contributed by atoms with Gasteiger partial charge in [-0.2, -0.15) is 0 Å². The van der Waals surface area contributed by atoms with Crippen LogP contribution in [0.1, 0.15) is 5.56 Å². The lowest BCUT2D eigenvalue weighted by Gasteiger charge is -2.12. The molecule has 1 heterocycles. The summed E-state index contributed by atoms with van der Waals surface area (Å²) in [6.45, 7) is 1.18. The Balaban J connectivity index is 3.35. The molecule has 0 aliphatic rings. The summed E-state index contributed by atoms with van der Waals surface area (Å²) in [7, 11) is 1.18. The van der Waals surface area contributed by atoms with Gasteiger partial charge < -0.3 is 9.47 Å². The van der Waals surface area contributed by atoms with Crippen LogP contribution < -0.4 is 9.47 Å². The zero-order chi connectivity index (χ0) is 13.2. The first kappa shape index (κ1) is 13.0. The minimum Gasteiger partial charge on any atom is -0.481 e. The third kappa shape index (κ3) is 2.95. The topological polar surface area (TPSA) is 74.5 Å². The first-order valence-corrected chi connectivity index (χ1v) is 4.20. The average Bonchev–Trinajstić information content (AvgIpc) is 2.18. The number of hydrogen-bond acceptors (Lipinski definition) is 5. The second-order valence-electron chi connectivity index (χ2n) is 2.91. The SMILES string of the molecule is COc1ncc([N+](=O)[O-])c(OC(F)(F)F)c1C. The Kier molecular flexibility index (Phi) is 3.39. The fraction of sp³-hybridized carbons (Fsp3) is 0.375. The van der Waals surface area contributed by atoms with Crippen molar-refractivity contribution in [3.05, 3.63) is 21.9 Å². The molecule has 6 nitrogen and oxygen atoms in total. The third-order valence-electron chi connectivity index (χ3n) is 1.81. The van der Waals surface area contributed by atoms with Crippen LogP contribution in [0.3, 0.4) is 0 Å². The number of pyridine rings is 1. The fourth-order valence-corrected chi connectivity index (χ4v) is 1.14. The molecular weight excluding hydrogens is 245 g/mol. The van der Waals surface area contributed by atoms with Crippen LogP contribution in [-0.4, -0.2) is 23.4 Å². The second-order valence-corrected chi connectivity index (χ2v) is 2.91. The van der Waals surface area contributed by atoms with E-state index in [1.807, 2.05) is 0 Å². The molecule has 0 aliphatic heterocycles. The van der Waals surface area contributed by atoms with E-state index in [1.54, 1.807) is 0 Å². The summed E-state index contributed by atoms with van der Waals surface area (Å²) in [6.07, 6.45) is -4.38. The van der Waals surface area contributed by atoms with Crippen molar-refractivity contribution < 1.29 is 27.6 Å². The lowest BCUT2D eigenvalue weighted by molar-refractivity contribution is -0.389. The van der Waals surface area contributed by atoms with Gasteiger partial charge in [0.1, 0.15) is 6.20 Å². The van der Waals surface area contributed by atoms with Crippen molar-refractivity contribution in [3.8, 4) is 11.6 Å². The van der Waals surface area contributed by atoms with E-state index in [2.05, 4.69) is 14.5 Å². The molecule has 0 N–H and O–H groups in total. The van der Waals surface area contributed by atoms with Gasteiger partial charge in [0.15, 0.2) is 0 Å². The highest BCUT2D eigenvalue weighted by Crippen LogP contribution is 2.37. The highest BCUT2D eigenvalue weighted by molar-refractivity contribution is 5.53. The van der Waals surface area contributed by atoms with Crippen LogP contribution in [0.5, 0.6) is 11.6 Å². The Morgan fingerprint density at radius 2 is 2.06 bits per heavy atom. The minimum absolute atomic E-state index is 0.171. The Morgan fingerprint density at radius 3 is 2.47 bits per heavy atom. The lowest BCUT2D eigenvalue weighted by Crippen LogP contribution is -2.19. The van der Waals surface area contributed by atoms with E-state index < -0.39 is 22.7 Å². The Morgan fingerprint density at radius 1 is 1.47 bits per heavy atom. The molecule has 0 amide bonds. The molecule has 1 rings (SSSR count). The summed E-state index contributed by atoms with van der Waals surface area (Å²) in [5.41, 5.74) is -1.07. The van der Waals surface area contributed by atoms with Crippen molar-refractivity contribution in [3.63, 3.8) is 0 Å². The van der Waals surface area contributed by atoms with Crippen molar-refractivity contribution in [2.45, 2.75) is 13.3 Å². The highest BCUT2D eigenvalue weighted by atomic mass is 19.4. The Hall–Kier alpha value is -2.06. The predicted molar refractivity (Wildman–Crippen MR) is 48.9 cm³/mol. The number of nitro groups is 1. The van der Waals surface area contributed by atoms with Gasteiger partial charge in [0.05, 0.1) is 17.6 Å². The average molecular weight is 252 g/mol. The number of aromatic nitrogens is 1. The summed E-state index contributed by atoms with van der Waals surface area (Å²) in [5, 5.41) is 10.5. The van der Waals surface area contributed by atoms with Gasteiger partial charge in [-0.05, 0) is 6.92 Å². The predicted octanol–water partition coefficient (Wildman–Crippen LogP) is 2.21. The summed E-state index contributed by atoms with van der Waals surface area (Å²) in [5.74, 6) is -1.09. The maximum atomic E-state index is 12.1. The molecule has 1 aromatic rings. The van der Waals surface area contributed by atoms with Gasteiger partial charge >= 0.3 is 12.0 Å². The summed E-state index contributed by atoms with van der Waals surface area (Å²) in [4.78, 5) is 13.0. The molecule has 0 saturated heterocycles. The molecule has 1 aromatic heterocycles. The third-order valence-corrected chi connectivity index (χ3v) is 1.81. The normalized spacial score (nSPS) is 11.1. The van der Waals surface area contributed by atoms with E-state index in [0.29, 0.717) is 6.20 Å². The van der Waals surface area contributed by atoms with Gasteiger partial charge in [-0.3, -0.25) is 10.1 Å². The maximum absolute atomic E-state index is 12.1. The molecule has 94 valence electrons. The lowest BCUT2D eigenvalue weighted by atomic mass is 10.2. The number of ether oxygens (including phenoxy) is 2. The number of halogens is 3. The van der Waals surface area contributed by atoms with E-state index >= 15 is 0 Å². The van der Waals surface area contributed by atoms with Crippen LogP contribution in [0.25, 0.3) is 0 Å². The molecule has 0 aromatic carbocycles. The van der Waals surface area contributed by atoms with E-state index in [4.69, 9.17) is 0 Å². The van der Waals surface area contributed by atoms with Crippen LogP contribution >= 0.6 is 0 Å². The highest BCUT2D eigenvalue weighted by Gasteiger charge is 2.36. The van der Waals surface area contributed by atoms with E-state index in [9.17, 15) is 23.3 Å². The molecule has 0 radical (unpaired) electrons. The molecule has 17 heavy (non-hydrogen) atoms. The van der Waals surface area contributed by atoms with Gasteiger partial charge in [0.2, 0.25) is 11.6 Å². The van der Waals surface area contributed by atoms with Crippen molar-refractivity contribution in [2.24, 2.45) is 0 Å². The van der Waals surface area contributed by atoms with Crippen molar-refractivity contribution in [1.29, 1.82) is 0 Å². The number of hydrogen-bond donors (Lipinski definition) is 0. The molecule has 0 unspecified atom stereocenters. The van der Waals surface area contributed by atoms with E-state index in [1.165, 1.54) is 14.0 Å². The number of nitrogens with zero attached hydrogens (tertiary/aromatic N) is 2. The molecule has 0 bridgehead atoms. The minimum atomic E-state index is -5.03. The standard InChI is InChI=1S/C8H7F3N2O4/c1-4-6(17-8(9,10)11)5(13(14)15)3-12-7(4)16-2/h3H,1-2H3. The van der Waals surface area contributed by atoms with Crippen LogP contribution in [0.15, 0.2) is 6.20 Å². The smallest absolute Gasteiger partial charge is 0.481 e. The monoisotopic (exact) mass is 252 g/mol. The Bertz CT molecular complexity index is 447. The zero-order valence-corrected chi connectivity index (χ0v) is 8.74. The molecule has 0 aliphatic carbocycles. The Labute approximate surface area is 93.1 Å². The first-order chi connectivity index (χ1) is 7.76. The largest absolute Gasteiger partial charge is 0.573 e. The quantitative estimate of drug-likeness (QED) is 0.609. The first-order valence-electron chi connectivity index (χ1n) is 4.20. The van der Waals surface area contributed by atoms with Crippen LogP contribution in [0, 0.1) is 17.0 Å². The van der Waals surface area contributed by atoms with Gasteiger partial charge in [0, 0.05) is 0 Å². The van der Waals surface area contributed by atoms with Crippen LogP contribution in [0.2, 0.25) is 0 Å². The number of rotatable bonds is 3.